The number of hydrogen-bond donors (Lipinski definition) is 0. The van der Waals surface area contributed by atoms with Gasteiger partial charge in [0.05, 0.1) is 0 Å². The highest BCUT2D eigenvalue weighted by molar-refractivity contribution is 7.19. The number of fused-ring (bicyclic) bond motifs is 2. The van der Waals surface area contributed by atoms with E-state index in [1.54, 1.807) is 4.52 Å². The van der Waals surface area contributed by atoms with Crippen molar-refractivity contribution in [3.63, 3.8) is 0 Å². The van der Waals surface area contributed by atoms with Crippen molar-refractivity contribution in [3.05, 3.63) is 60.2 Å². The molecule has 5 nitrogen and oxygen atoms in total. The summed E-state index contributed by atoms with van der Waals surface area (Å²) in [5.41, 5.74) is 3.13. The largest absolute Gasteiger partial charge is 0.453 e. The Morgan fingerprint density at radius 3 is 2.67 bits per heavy atom. The molecule has 5 rings (SSSR count). The fourth-order valence-corrected chi connectivity index (χ4v) is 3.52. The zero-order chi connectivity index (χ0) is 16.1. The first-order chi connectivity index (χ1) is 11.8. The van der Waals surface area contributed by atoms with Crippen LogP contribution >= 0.6 is 11.3 Å². The monoisotopic (exact) mass is 332 g/mol. The van der Waals surface area contributed by atoms with E-state index in [0.29, 0.717) is 11.6 Å². The number of nitrogens with zero attached hydrogens (tertiary/aromatic N) is 4. The molecule has 5 aromatic rings. The lowest BCUT2D eigenvalue weighted by atomic mass is 10.2. The van der Waals surface area contributed by atoms with Gasteiger partial charge in [0.2, 0.25) is 10.8 Å². The fraction of sp³-hybridized carbons (Fsp3) is 0.0556. The van der Waals surface area contributed by atoms with Crippen molar-refractivity contribution < 1.29 is 4.42 Å². The molecule has 0 aliphatic rings. The van der Waals surface area contributed by atoms with E-state index < -0.39 is 0 Å². The SMILES string of the molecule is Cc1ccc(-c2nn3c(-c4cc5ccccc5o4)nnc3s2)cc1. The summed E-state index contributed by atoms with van der Waals surface area (Å²) in [7, 11) is 0. The Morgan fingerprint density at radius 1 is 1.00 bits per heavy atom. The van der Waals surface area contributed by atoms with Crippen LogP contribution in [0.25, 0.3) is 38.1 Å². The maximum Gasteiger partial charge on any atom is 0.235 e. The second kappa shape index (κ2) is 5.01. The standard InChI is InChI=1S/C18H12N4OS/c1-11-6-8-12(9-7-11)17-21-22-16(19-20-18(22)24-17)15-10-13-4-2-3-5-14(13)23-15/h2-10H,1H3. The Balaban J connectivity index is 1.65. The van der Waals surface area contributed by atoms with Gasteiger partial charge in [0.15, 0.2) is 5.76 Å². The summed E-state index contributed by atoms with van der Waals surface area (Å²) in [6, 6.07) is 18.2. The van der Waals surface area contributed by atoms with Crippen LogP contribution in [0.5, 0.6) is 0 Å². The van der Waals surface area contributed by atoms with Gasteiger partial charge in [0.1, 0.15) is 10.6 Å². The van der Waals surface area contributed by atoms with Crippen LogP contribution in [0.15, 0.2) is 59.0 Å². The lowest BCUT2D eigenvalue weighted by Crippen LogP contribution is -1.89. The number of hydrogen-bond acceptors (Lipinski definition) is 5. The topological polar surface area (TPSA) is 56.2 Å². The van der Waals surface area contributed by atoms with Crippen molar-refractivity contribution in [3.8, 4) is 22.2 Å². The summed E-state index contributed by atoms with van der Waals surface area (Å²) in [5, 5.41) is 15.1. The van der Waals surface area contributed by atoms with Crippen molar-refractivity contribution in [2.45, 2.75) is 6.92 Å². The van der Waals surface area contributed by atoms with Crippen LogP contribution in [0.1, 0.15) is 5.56 Å². The molecule has 0 saturated carbocycles. The molecular weight excluding hydrogens is 320 g/mol. The average molecular weight is 332 g/mol. The van der Waals surface area contributed by atoms with E-state index in [0.717, 1.165) is 26.5 Å². The van der Waals surface area contributed by atoms with Gasteiger partial charge in [-0.25, -0.2) is 0 Å². The molecule has 0 bridgehead atoms. The van der Waals surface area contributed by atoms with E-state index in [-0.39, 0.29) is 0 Å². The van der Waals surface area contributed by atoms with Gasteiger partial charge in [-0.2, -0.15) is 9.61 Å². The van der Waals surface area contributed by atoms with Crippen molar-refractivity contribution in [1.82, 2.24) is 19.8 Å². The van der Waals surface area contributed by atoms with Crippen LogP contribution in [0.2, 0.25) is 0 Å². The Morgan fingerprint density at radius 2 is 1.83 bits per heavy atom. The van der Waals surface area contributed by atoms with Crippen LogP contribution in [-0.2, 0) is 0 Å². The summed E-state index contributed by atoms with van der Waals surface area (Å²) in [6.07, 6.45) is 0. The number of para-hydroxylation sites is 1. The van der Waals surface area contributed by atoms with Gasteiger partial charge in [-0.05, 0) is 19.1 Å². The highest BCUT2D eigenvalue weighted by atomic mass is 32.1. The number of aryl methyl sites for hydroxylation is 1. The molecule has 0 radical (unpaired) electrons. The third-order valence-corrected chi connectivity index (χ3v) is 4.88. The van der Waals surface area contributed by atoms with Crippen LogP contribution in [0.4, 0.5) is 0 Å². The second-order valence-corrected chi connectivity index (χ2v) is 6.60. The van der Waals surface area contributed by atoms with Gasteiger partial charge < -0.3 is 4.42 Å². The smallest absolute Gasteiger partial charge is 0.235 e. The third-order valence-electron chi connectivity index (χ3n) is 3.94. The molecule has 2 aromatic carbocycles. The minimum atomic E-state index is 0.621. The zero-order valence-electron chi connectivity index (χ0n) is 12.8. The molecule has 6 heteroatoms. The maximum atomic E-state index is 5.89. The molecule has 0 spiro atoms. The lowest BCUT2D eigenvalue weighted by Gasteiger charge is -1.96. The molecule has 0 aliphatic carbocycles. The van der Waals surface area contributed by atoms with Gasteiger partial charge in [0.25, 0.3) is 0 Å². The summed E-state index contributed by atoms with van der Waals surface area (Å²) >= 11 is 1.52. The highest BCUT2D eigenvalue weighted by Crippen LogP contribution is 2.30. The molecule has 0 saturated heterocycles. The second-order valence-electron chi connectivity index (χ2n) is 5.64. The van der Waals surface area contributed by atoms with E-state index in [9.17, 15) is 0 Å². The summed E-state index contributed by atoms with van der Waals surface area (Å²) in [6.45, 7) is 2.07. The third kappa shape index (κ3) is 2.04. The van der Waals surface area contributed by atoms with E-state index in [2.05, 4.69) is 46.5 Å². The van der Waals surface area contributed by atoms with E-state index >= 15 is 0 Å². The van der Waals surface area contributed by atoms with E-state index in [1.807, 2.05) is 30.3 Å². The fourth-order valence-electron chi connectivity index (χ4n) is 2.68. The summed E-state index contributed by atoms with van der Waals surface area (Å²) in [4.78, 5) is 0.751. The molecule has 0 N–H and O–H groups in total. The van der Waals surface area contributed by atoms with E-state index in [1.165, 1.54) is 16.9 Å². The van der Waals surface area contributed by atoms with Crippen LogP contribution in [0, 0.1) is 6.92 Å². The molecule has 116 valence electrons. The Hall–Kier alpha value is -2.99. The summed E-state index contributed by atoms with van der Waals surface area (Å²) < 4.78 is 7.64. The quantitative estimate of drug-likeness (QED) is 0.475. The minimum Gasteiger partial charge on any atom is -0.453 e. The molecule has 0 aliphatic heterocycles. The summed E-state index contributed by atoms with van der Waals surface area (Å²) in [5.74, 6) is 1.29. The first-order valence-corrected chi connectivity index (χ1v) is 8.38. The van der Waals surface area contributed by atoms with Gasteiger partial charge in [0, 0.05) is 10.9 Å². The molecule has 0 fully saturated rings. The van der Waals surface area contributed by atoms with Gasteiger partial charge in [-0.15, -0.1) is 10.2 Å². The Kier molecular flexibility index (Phi) is 2.80. The molecule has 0 unspecified atom stereocenters. The molecule has 24 heavy (non-hydrogen) atoms. The van der Waals surface area contributed by atoms with Crippen LogP contribution in [-0.4, -0.2) is 19.8 Å². The van der Waals surface area contributed by atoms with Crippen molar-refractivity contribution in [1.29, 1.82) is 0 Å². The highest BCUT2D eigenvalue weighted by Gasteiger charge is 2.17. The maximum absolute atomic E-state index is 5.89. The molecular formula is C18H12N4OS. The van der Waals surface area contributed by atoms with Crippen molar-refractivity contribution in [2.24, 2.45) is 0 Å². The molecule has 0 atom stereocenters. The van der Waals surface area contributed by atoms with E-state index in [4.69, 9.17) is 4.42 Å². The Bertz CT molecular complexity index is 1130. The predicted octanol–water partition coefficient (Wildman–Crippen LogP) is 4.57. The van der Waals surface area contributed by atoms with Gasteiger partial charge in [-0.3, -0.25) is 0 Å². The van der Waals surface area contributed by atoms with Crippen LogP contribution in [0.3, 0.4) is 0 Å². The first kappa shape index (κ1) is 13.4. The van der Waals surface area contributed by atoms with Crippen molar-refractivity contribution >= 4 is 27.3 Å². The minimum absolute atomic E-state index is 0.621. The predicted molar refractivity (Wildman–Crippen MR) is 94.0 cm³/mol. The Labute approximate surface area is 141 Å². The zero-order valence-corrected chi connectivity index (χ0v) is 13.6. The van der Waals surface area contributed by atoms with Crippen LogP contribution < -0.4 is 0 Å². The number of benzene rings is 2. The molecule has 3 heterocycles. The molecule has 0 amide bonds. The first-order valence-electron chi connectivity index (χ1n) is 7.56. The number of furan rings is 1. The van der Waals surface area contributed by atoms with Gasteiger partial charge in [-0.1, -0.05) is 59.4 Å². The molecule has 3 aromatic heterocycles. The average Bonchev–Trinajstić information content (AvgIpc) is 3.28. The normalized spacial score (nSPS) is 11.5. The van der Waals surface area contributed by atoms with Crippen molar-refractivity contribution in [2.75, 3.05) is 0 Å². The number of rotatable bonds is 2. The number of aromatic nitrogens is 4. The lowest BCUT2D eigenvalue weighted by molar-refractivity contribution is 0.622. The van der Waals surface area contributed by atoms with Gasteiger partial charge >= 0.3 is 0 Å².